The van der Waals surface area contributed by atoms with Gasteiger partial charge in [0.1, 0.15) is 11.5 Å². The molecule has 0 saturated carbocycles. The lowest BCUT2D eigenvalue weighted by atomic mass is 10.2. The van der Waals surface area contributed by atoms with Gasteiger partial charge in [-0.15, -0.1) is 11.3 Å². The molecule has 6 nitrogen and oxygen atoms in total. The first kappa shape index (κ1) is 13.6. The first-order chi connectivity index (χ1) is 10.1. The highest BCUT2D eigenvalue weighted by atomic mass is 32.1. The van der Waals surface area contributed by atoms with Gasteiger partial charge in [-0.3, -0.25) is 4.79 Å². The van der Waals surface area contributed by atoms with Crippen molar-refractivity contribution in [2.24, 2.45) is 0 Å². The number of imidazole rings is 1. The zero-order valence-electron chi connectivity index (χ0n) is 11.7. The molecule has 1 unspecified atom stereocenters. The van der Waals surface area contributed by atoms with Crippen molar-refractivity contribution in [3.63, 3.8) is 0 Å². The third-order valence-electron chi connectivity index (χ3n) is 3.12. The van der Waals surface area contributed by atoms with Gasteiger partial charge in [-0.1, -0.05) is 0 Å². The molecule has 3 N–H and O–H groups in total. The molecule has 0 aliphatic heterocycles. The molecule has 0 aliphatic rings. The zero-order valence-corrected chi connectivity index (χ0v) is 12.5. The predicted molar refractivity (Wildman–Crippen MR) is 81.1 cm³/mol. The van der Waals surface area contributed by atoms with Gasteiger partial charge in [0.2, 0.25) is 0 Å². The third-order valence-corrected chi connectivity index (χ3v) is 3.89. The lowest BCUT2D eigenvalue weighted by Crippen LogP contribution is -2.27. The van der Waals surface area contributed by atoms with Crippen LogP contribution in [0.1, 0.15) is 34.3 Å². The molecule has 3 rings (SSSR count). The van der Waals surface area contributed by atoms with Crippen molar-refractivity contribution in [1.29, 1.82) is 0 Å². The summed E-state index contributed by atoms with van der Waals surface area (Å²) in [5.74, 6) is 0.558. The van der Waals surface area contributed by atoms with Crippen molar-refractivity contribution in [2.75, 3.05) is 0 Å². The fraction of sp³-hybridized carbons (Fsp3) is 0.214. The van der Waals surface area contributed by atoms with E-state index in [0.29, 0.717) is 5.69 Å². The van der Waals surface area contributed by atoms with Crippen LogP contribution >= 0.6 is 11.3 Å². The summed E-state index contributed by atoms with van der Waals surface area (Å²) >= 11 is 1.59. The Bertz CT molecular complexity index is 743. The van der Waals surface area contributed by atoms with E-state index in [2.05, 4.69) is 25.3 Å². The summed E-state index contributed by atoms with van der Waals surface area (Å²) in [5.41, 5.74) is 2.30. The number of hydrogen-bond donors (Lipinski definition) is 3. The van der Waals surface area contributed by atoms with Crippen LogP contribution in [0.15, 0.2) is 30.0 Å². The lowest BCUT2D eigenvalue weighted by Gasteiger charge is -2.10. The topological polar surface area (TPSA) is 86.5 Å². The number of rotatable bonds is 4. The summed E-state index contributed by atoms with van der Waals surface area (Å²) in [4.78, 5) is 26.7. The number of hydrogen-bond acceptors (Lipinski definition) is 4. The van der Waals surface area contributed by atoms with Crippen molar-refractivity contribution in [1.82, 2.24) is 25.3 Å². The van der Waals surface area contributed by atoms with E-state index >= 15 is 0 Å². The fourth-order valence-electron chi connectivity index (χ4n) is 2.03. The van der Waals surface area contributed by atoms with Gasteiger partial charge in [0.15, 0.2) is 0 Å². The first-order valence-corrected chi connectivity index (χ1v) is 7.42. The summed E-state index contributed by atoms with van der Waals surface area (Å²) in [6.45, 7) is 3.84. The number of carbonyl (C=O) groups excluding carboxylic acids is 1. The van der Waals surface area contributed by atoms with Crippen LogP contribution in [-0.4, -0.2) is 25.8 Å². The molecule has 0 spiro atoms. The number of amides is 1. The molecule has 21 heavy (non-hydrogen) atoms. The monoisotopic (exact) mass is 301 g/mol. The quantitative estimate of drug-likeness (QED) is 0.692. The third kappa shape index (κ3) is 2.87. The van der Waals surface area contributed by atoms with Crippen LogP contribution in [0.3, 0.4) is 0 Å². The van der Waals surface area contributed by atoms with E-state index in [9.17, 15) is 4.79 Å². The van der Waals surface area contributed by atoms with E-state index in [1.165, 1.54) is 0 Å². The van der Waals surface area contributed by atoms with Crippen molar-refractivity contribution in [3.05, 3.63) is 46.6 Å². The highest BCUT2D eigenvalue weighted by molar-refractivity contribution is 7.09. The van der Waals surface area contributed by atoms with E-state index in [0.717, 1.165) is 22.1 Å². The number of carbonyl (C=O) groups is 1. The summed E-state index contributed by atoms with van der Waals surface area (Å²) in [6, 6.07) is 1.62. The van der Waals surface area contributed by atoms with E-state index in [1.54, 1.807) is 36.0 Å². The van der Waals surface area contributed by atoms with Crippen LogP contribution in [0.4, 0.5) is 0 Å². The summed E-state index contributed by atoms with van der Waals surface area (Å²) in [5, 5.41) is 5.87. The number of aromatic nitrogens is 4. The SMILES string of the molecule is Cc1nc(-c2c[nH]c(C(=O)NC(C)c3ncc[nH]3)c2)cs1. The minimum absolute atomic E-state index is 0.169. The van der Waals surface area contributed by atoms with Gasteiger partial charge >= 0.3 is 0 Å². The molecule has 3 aromatic heterocycles. The Morgan fingerprint density at radius 3 is 2.95 bits per heavy atom. The van der Waals surface area contributed by atoms with E-state index in [1.807, 2.05) is 19.2 Å². The molecular formula is C14H15N5OS. The Kier molecular flexibility index (Phi) is 3.57. The second kappa shape index (κ2) is 5.53. The van der Waals surface area contributed by atoms with Gasteiger partial charge in [-0.2, -0.15) is 0 Å². The standard InChI is InChI=1S/C14H15N5OS/c1-8(13-15-3-4-16-13)18-14(20)11-5-10(6-17-11)12-7-21-9(2)19-12/h3-8,17H,1-2H3,(H,15,16)(H,18,20). The van der Waals surface area contributed by atoms with Gasteiger partial charge in [-0.25, -0.2) is 9.97 Å². The largest absolute Gasteiger partial charge is 0.357 e. The van der Waals surface area contributed by atoms with Gasteiger partial charge in [-0.05, 0) is 19.9 Å². The maximum Gasteiger partial charge on any atom is 0.268 e. The average Bonchev–Trinajstić information content (AvgIpc) is 3.19. The molecule has 0 saturated heterocycles. The van der Waals surface area contributed by atoms with Crippen LogP contribution in [0, 0.1) is 6.92 Å². The summed E-state index contributed by atoms with van der Waals surface area (Å²) in [7, 11) is 0. The normalized spacial score (nSPS) is 12.3. The molecule has 0 fully saturated rings. The van der Waals surface area contributed by atoms with Crippen molar-refractivity contribution in [3.8, 4) is 11.3 Å². The molecular weight excluding hydrogens is 286 g/mol. The smallest absolute Gasteiger partial charge is 0.268 e. The van der Waals surface area contributed by atoms with Crippen LogP contribution in [0.25, 0.3) is 11.3 Å². The molecule has 3 heterocycles. The second-order valence-electron chi connectivity index (χ2n) is 4.72. The summed E-state index contributed by atoms with van der Waals surface area (Å²) < 4.78 is 0. The van der Waals surface area contributed by atoms with Crippen LogP contribution in [0.2, 0.25) is 0 Å². The molecule has 0 radical (unpaired) electrons. The van der Waals surface area contributed by atoms with E-state index in [-0.39, 0.29) is 11.9 Å². The Hall–Kier alpha value is -2.41. The number of thiazole rings is 1. The van der Waals surface area contributed by atoms with Crippen molar-refractivity contribution >= 4 is 17.2 Å². The van der Waals surface area contributed by atoms with Crippen LogP contribution < -0.4 is 5.32 Å². The molecule has 0 aliphatic carbocycles. The minimum Gasteiger partial charge on any atom is -0.357 e. The number of nitrogens with one attached hydrogen (secondary N) is 3. The molecule has 0 bridgehead atoms. The predicted octanol–water partition coefficient (Wildman–Crippen LogP) is 2.66. The highest BCUT2D eigenvalue weighted by Crippen LogP contribution is 2.22. The number of nitrogens with zero attached hydrogens (tertiary/aromatic N) is 2. The fourth-order valence-corrected chi connectivity index (χ4v) is 2.65. The average molecular weight is 301 g/mol. The maximum absolute atomic E-state index is 12.2. The molecule has 108 valence electrons. The Balaban J connectivity index is 1.72. The summed E-state index contributed by atoms with van der Waals surface area (Å²) in [6.07, 6.45) is 5.19. The molecule has 1 amide bonds. The maximum atomic E-state index is 12.2. The number of H-pyrrole nitrogens is 2. The van der Waals surface area contributed by atoms with Crippen molar-refractivity contribution < 1.29 is 4.79 Å². The van der Waals surface area contributed by atoms with E-state index < -0.39 is 0 Å². The van der Waals surface area contributed by atoms with Crippen LogP contribution in [0.5, 0.6) is 0 Å². The number of aromatic amines is 2. The molecule has 3 aromatic rings. The lowest BCUT2D eigenvalue weighted by molar-refractivity contribution is 0.0934. The Labute approximate surface area is 125 Å². The molecule has 7 heteroatoms. The first-order valence-electron chi connectivity index (χ1n) is 6.54. The van der Waals surface area contributed by atoms with Crippen molar-refractivity contribution in [2.45, 2.75) is 19.9 Å². The van der Waals surface area contributed by atoms with Gasteiger partial charge in [0.25, 0.3) is 5.91 Å². The zero-order chi connectivity index (χ0) is 14.8. The minimum atomic E-state index is -0.180. The van der Waals surface area contributed by atoms with Crippen LogP contribution in [-0.2, 0) is 0 Å². The highest BCUT2D eigenvalue weighted by Gasteiger charge is 2.15. The van der Waals surface area contributed by atoms with E-state index in [4.69, 9.17) is 0 Å². The van der Waals surface area contributed by atoms with Gasteiger partial charge in [0.05, 0.1) is 16.7 Å². The number of aryl methyl sites for hydroxylation is 1. The second-order valence-corrected chi connectivity index (χ2v) is 5.79. The molecule has 1 atom stereocenters. The van der Waals surface area contributed by atoms with Gasteiger partial charge in [0, 0.05) is 29.5 Å². The Morgan fingerprint density at radius 1 is 1.43 bits per heavy atom. The Morgan fingerprint density at radius 2 is 2.29 bits per heavy atom. The van der Waals surface area contributed by atoms with Gasteiger partial charge < -0.3 is 15.3 Å². The molecule has 0 aromatic carbocycles.